The van der Waals surface area contributed by atoms with Crippen LogP contribution in [-0.2, 0) is 4.79 Å². The summed E-state index contributed by atoms with van der Waals surface area (Å²) in [6, 6.07) is 8.58. The van der Waals surface area contributed by atoms with Crippen molar-refractivity contribution in [3.8, 4) is 0 Å². The second-order valence-corrected chi connectivity index (χ2v) is 5.48. The smallest absolute Gasteiger partial charge is 0.241 e. The average molecular weight is 260 g/mol. The van der Waals surface area contributed by atoms with Gasteiger partial charge in [0.2, 0.25) is 5.91 Å². The van der Waals surface area contributed by atoms with Gasteiger partial charge in [-0.2, -0.15) is 0 Å². The maximum Gasteiger partial charge on any atom is 0.241 e. The highest BCUT2D eigenvalue weighted by Gasteiger charge is 2.37. The van der Waals surface area contributed by atoms with Crippen molar-refractivity contribution in [2.24, 2.45) is 0 Å². The number of benzene rings is 1. The van der Waals surface area contributed by atoms with Gasteiger partial charge in [-0.05, 0) is 30.4 Å². The molecule has 1 saturated heterocycles. The Bertz CT molecular complexity index is 439. The van der Waals surface area contributed by atoms with E-state index in [1.165, 1.54) is 11.1 Å². The third-order valence-corrected chi connectivity index (χ3v) is 3.92. The fraction of sp³-hybridized carbons (Fsp3) is 0.562. The summed E-state index contributed by atoms with van der Waals surface area (Å²) < 4.78 is 0. The van der Waals surface area contributed by atoms with Gasteiger partial charge in [-0.15, -0.1) is 0 Å². The third kappa shape index (κ3) is 2.66. The number of rotatable bonds is 4. The molecule has 3 nitrogen and oxygen atoms in total. The Morgan fingerprint density at radius 2 is 1.84 bits per heavy atom. The topological polar surface area (TPSA) is 32.3 Å². The Morgan fingerprint density at radius 3 is 2.32 bits per heavy atom. The van der Waals surface area contributed by atoms with Crippen molar-refractivity contribution in [1.82, 2.24) is 10.2 Å². The summed E-state index contributed by atoms with van der Waals surface area (Å²) in [4.78, 5) is 14.1. The second-order valence-electron chi connectivity index (χ2n) is 5.48. The van der Waals surface area contributed by atoms with E-state index < -0.39 is 0 Å². The molecule has 2 rings (SSSR count). The van der Waals surface area contributed by atoms with Crippen molar-refractivity contribution in [1.29, 1.82) is 0 Å². The van der Waals surface area contributed by atoms with E-state index in [1.54, 1.807) is 0 Å². The van der Waals surface area contributed by atoms with Crippen LogP contribution in [0.4, 0.5) is 0 Å². The van der Waals surface area contributed by atoms with Gasteiger partial charge in [0.05, 0.1) is 6.04 Å². The van der Waals surface area contributed by atoms with E-state index in [0.717, 1.165) is 13.0 Å². The summed E-state index contributed by atoms with van der Waals surface area (Å²) in [5.41, 5.74) is 2.51. The molecule has 1 N–H and O–H groups in total. The lowest BCUT2D eigenvalue weighted by Crippen LogP contribution is -2.30. The molecule has 2 atom stereocenters. The van der Waals surface area contributed by atoms with Gasteiger partial charge in [-0.3, -0.25) is 10.1 Å². The SMILES string of the molecule is CCC1NC(c2ccc(C(C)C)cc2)N(CC)C1=O. The van der Waals surface area contributed by atoms with E-state index in [4.69, 9.17) is 0 Å². The summed E-state index contributed by atoms with van der Waals surface area (Å²) in [7, 11) is 0. The van der Waals surface area contributed by atoms with Gasteiger partial charge in [0.1, 0.15) is 6.17 Å². The van der Waals surface area contributed by atoms with Crippen molar-refractivity contribution in [2.45, 2.75) is 52.2 Å². The first kappa shape index (κ1) is 14.1. The van der Waals surface area contributed by atoms with Crippen LogP contribution < -0.4 is 5.32 Å². The quantitative estimate of drug-likeness (QED) is 0.902. The maximum absolute atomic E-state index is 12.2. The first-order valence-electron chi connectivity index (χ1n) is 7.24. The van der Waals surface area contributed by atoms with Gasteiger partial charge in [0.25, 0.3) is 0 Å². The van der Waals surface area contributed by atoms with E-state index >= 15 is 0 Å². The second kappa shape index (κ2) is 5.74. The Labute approximate surface area is 116 Å². The van der Waals surface area contributed by atoms with Crippen molar-refractivity contribution in [3.63, 3.8) is 0 Å². The summed E-state index contributed by atoms with van der Waals surface area (Å²) in [6.07, 6.45) is 0.874. The largest absolute Gasteiger partial charge is 0.322 e. The van der Waals surface area contributed by atoms with Gasteiger partial charge < -0.3 is 4.90 Å². The minimum absolute atomic E-state index is 0.0312. The monoisotopic (exact) mass is 260 g/mol. The van der Waals surface area contributed by atoms with Crippen LogP contribution in [0.3, 0.4) is 0 Å². The standard InChI is InChI=1S/C16H24N2O/c1-5-14-16(19)18(6-2)15(17-14)13-9-7-12(8-10-13)11(3)4/h7-11,14-15,17H,5-6H2,1-4H3. The molecule has 1 aliphatic rings. The van der Waals surface area contributed by atoms with Crippen molar-refractivity contribution in [2.75, 3.05) is 6.54 Å². The average Bonchev–Trinajstić information content (AvgIpc) is 2.75. The molecule has 1 amide bonds. The summed E-state index contributed by atoms with van der Waals surface area (Å²) in [5.74, 6) is 0.765. The fourth-order valence-electron chi connectivity index (χ4n) is 2.65. The van der Waals surface area contributed by atoms with Crippen LogP contribution in [0.5, 0.6) is 0 Å². The molecule has 104 valence electrons. The molecule has 0 radical (unpaired) electrons. The molecule has 0 saturated carbocycles. The summed E-state index contributed by atoms with van der Waals surface area (Å²) in [5, 5.41) is 3.43. The lowest BCUT2D eigenvalue weighted by atomic mass is 10.0. The van der Waals surface area contributed by atoms with Crippen molar-refractivity contribution >= 4 is 5.91 Å². The van der Waals surface area contributed by atoms with Crippen molar-refractivity contribution in [3.05, 3.63) is 35.4 Å². The lowest BCUT2D eigenvalue weighted by Gasteiger charge is -2.23. The number of nitrogens with one attached hydrogen (secondary N) is 1. The van der Waals surface area contributed by atoms with Crippen LogP contribution in [0, 0.1) is 0 Å². The van der Waals surface area contributed by atoms with Gasteiger partial charge in [0.15, 0.2) is 0 Å². The van der Waals surface area contributed by atoms with Gasteiger partial charge in [-0.1, -0.05) is 45.0 Å². The first-order chi connectivity index (χ1) is 9.08. The maximum atomic E-state index is 12.2. The summed E-state index contributed by atoms with van der Waals surface area (Å²) in [6.45, 7) is 9.22. The number of carbonyl (C=O) groups is 1. The van der Waals surface area contributed by atoms with Gasteiger partial charge in [0, 0.05) is 6.54 Å². The molecule has 0 aliphatic carbocycles. The van der Waals surface area contributed by atoms with Crippen LogP contribution >= 0.6 is 0 Å². The molecule has 0 spiro atoms. The molecule has 1 fully saturated rings. The molecule has 2 unspecified atom stereocenters. The van der Waals surface area contributed by atoms with E-state index in [-0.39, 0.29) is 18.1 Å². The molecule has 19 heavy (non-hydrogen) atoms. The van der Waals surface area contributed by atoms with Crippen LogP contribution in [0.2, 0.25) is 0 Å². The molecule has 1 heterocycles. The van der Waals surface area contributed by atoms with Crippen molar-refractivity contribution < 1.29 is 4.79 Å². The molecular formula is C16H24N2O. The highest BCUT2D eigenvalue weighted by atomic mass is 16.2. The number of carbonyl (C=O) groups excluding carboxylic acids is 1. The van der Waals surface area contributed by atoms with E-state index in [9.17, 15) is 4.79 Å². The van der Waals surface area contributed by atoms with E-state index in [0.29, 0.717) is 5.92 Å². The summed E-state index contributed by atoms with van der Waals surface area (Å²) >= 11 is 0. The van der Waals surface area contributed by atoms with Gasteiger partial charge in [-0.25, -0.2) is 0 Å². The molecule has 1 aromatic carbocycles. The Balaban J connectivity index is 2.23. The third-order valence-electron chi connectivity index (χ3n) is 3.92. The zero-order valence-corrected chi connectivity index (χ0v) is 12.3. The minimum Gasteiger partial charge on any atom is -0.322 e. The fourth-order valence-corrected chi connectivity index (χ4v) is 2.65. The molecule has 0 aromatic heterocycles. The Kier molecular flexibility index (Phi) is 4.25. The Hall–Kier alpha value is -1.35. The lowest BCUT2D eigenvalue weighted by molar-refractivity contribution is -0.129. The molecule has 3 heteroatoms. The predicted octanol–water partition coefficient (Wildman–Crippen LogP) is 3.04. The minimum atomic E-state index is -0.0327. The van der Waals surface area contributed by atoms with E-state index in [1.807, 2.05) is 18.7 Å². The number of likely N-dealkylation sites (N-methyl/N-ethyl adjacent to an activating group) is 1. The Morgan fingerprint density at radius 1 is 1.21 bits per heavy atom. The zero-order valence-electron chi connectivity index (χ0n) is 12.3. The zero-order chi connectivity index (χ0) is 14.0. The van der Waals surface area contributed by atoms with Gasteiger partial charge >= 0.3 is 0 Å². The van der Waals surface area contributed by atoms with Crippen LogP contribution in [-0.4, -0.2) is 23.4 Å². The molecular weight excluding hydrogens is 236 g/mol. The number of amides is 1. The van der Waals surface area contributed by atoms with Crippen LogP contribution in [0.1, 0.15) is 57.3 Å². The highest BCUT2D eigenvalue weighted by molar-refractivity contribution is 5.84. The number of nitrogens with zero attached hydrogens (tertiary/aromatic N) is 1. The molecule has 1 aromatic rings. The predicted molar refractivity (Wildman–Crippen MR) is 77.9 cm³/mol. The molecule has 1 aliphatic heterocycles. The van der Waals surface area contributed by atoms with Crippen LogP contribution in [0.15, 0.2) is 24.3 Å². The number of hydrogen-bond donors (Lipinski definition) is 1. The highest BCUT2D eigenvalue weighted by Crippen LogP contribution is 2.27. The van der Waals surface area contributed by atoms with Crippen LogP contribution in [0.25, 0.3) is 0 Å². The first-order valence-corrected chi connectivity index (χ1v) is 7.24. The number of hydrogen-bond acceptors (Lipinski definition) is 2. The van der Waals surface area contributed by atoms with E-state index in [2.05, 4.69) is 43.4 Å². The normalized spacial score (nSPS) is 23.4. The molecule has 0 bridgehead atoms.